The van der Waals surface area contributed by atoms with Crippen LogP contribution in [0.4, 0.5) is 0 Å². The van der Waals surface area contributed by atoms with E-state index in [1.807, 2.05) is 12.1 Å². The molecule has 0 unspecified atom stereocenters. The van der Waals surface area contributed by atoms with E-state index in [2.05, 4.69) is 26.1 Å². The topological polar surface area (TPSA) is 89.5 Å². The molecule has 0 heterocycles. The summed E-state index contributed by atoms with van der Waals surface area (Å²) in [5.74, 6) is -2.14. The smallest absolute Gasteiger partial charge is 0.306 e. The highest BCUT2D eigenvalue weighted by Crippen LogP contribution is 2.22. The standard InChI is InChI=1S/C23H25NO5/c1-23(2,3)18-11-9-17(10-12-18)22(28)24-20(26)15-29-21(27)14-13-19(25)16-7-5-4-6-8-16/h4-12H,13-15H2,1-3H3,(H,24,26,28). The molecule has 0 aliphatic heterocycles. The molecule has 29 heavy (non-hydrogen) atoms. The van der Waals surface area contributed by atoms with Crippen LogP contribution in [0.5, 0.6) is 0 Å². The third-order valence-electron chi connectivity index (χ3n) is 4.28. The van der Waals surface area contributed by atoms with Crippen LogP contribution in [0.1, 0.15) is 59.9 Å². The molecule has 1 N–H and O–H groups in total. The number of nitrogens with one attached hydrogen (secondary N) is 1. The highest BCUT2D eigenvalue weighted by molar-refractivity contribution is 6.05. The Bertz CT molecular complexity index is 880. The van der Waals surface area contributed by atoms with E-state index in [1.165, 1.54) is 0 Å². The molecule has 0 aliphatic carbocycles. The van der Waals surface area contributed by atoms with Crippen LogP contribution in [0, 0.1) is 0 Å². The molecule has 0 atom stereocenters. The van der Waals surface area contributed by atoms with Gasteiger partial charge in [-0.25, -0.2) is 0 Å². The zero-order valence-corrected chi connectivity index (χ0v) is 16.9. The summed E-state index contributed by atoms with van der Waals surface area (Å²) < 4.78 is 4.84. The van der Waals surface area contributed by atoms with Gasteiger partial charge >= 0.3 is 5.97 Å². The van der Waals surface area contributed by atoms with Crippen LogP contribution >= 0.6 is 0 Å². The van der Waals surface area contributed by atoms with Crippen molar-refractivity contribution in [1.29, 1.82) is 0 Å². The first-order chi connectivity index (χ1) is 13.7. The number of amides is 2. The molecule has 0 spiro atoms. The van der Waals surface area contributed by atoms with Gasteiger partial charge in [-0.2, -0.15) is 0 Å². The van der Waals surface area contributed by atoms with E-state index in [0.29, 0.717) is 11.1 Å². The average molecular weight is 395 g/mol. The van der Waals surface area contributed by atoms with Crippen molar-refractivity contribution in [3.05, 3.63) is 71.3 Å². The number of carbonyl (C=O) groups excluding carboxylic acids is 4. The number of hydrogen-bond donors (Lipinski definition) is 1. The second-order valence-electron chi connectivity index (χ2n) is 7.65. The molecule has 0 fully saturated rings. The quantitative estimate of drug-likeness (QED) is 0.573. The van der Waals surface area contributed by atoms with E-state index in [1.54, 1.807) is 42.5 Å². The van der Waals surface area contributed by atoms with E-state index in [4.69, 9.17) is 4.74 Å². The second kappa shape index (κ2) is 9.78. The minimum atomic E-state index is -0.724. The first-order valence-electron chi connectivity index (χ1n) is 9.35. The van der Waals surface area contributed by atoms with Gasteiger partial charge in [0.15, 0.2) is 12.4 Å². The molecule has 152 valence electrons. The van der Waals surface area contributed by atoms with E-state index in [-0.39, 0.29) is 24.0 Å². The Morgan fingerprint density at radius 3 is 2.03 bits per heavy atom. The van der Waals surface area contributed by atoms with Crippen LogP contribution in [0.2, 0.25) is 0 Å². The van der Waals surface area contributed by atoms with Crippen molar-refractivity contribution in [2.45, 2.75) is 39.0 Å². The Morgan fingerprint density at radius 1 is 0.828 bits per heavy atom. The van der Waals surface area contributed by atoms with Gasteiger partial charge in [-0.3, -0.25) is 24.5 Å². The SMILES string of the molecule is CC(C)(C)c1ccc(C(=O)NC(=O)COC(=O)CCC(=O)c2ccccc2)cc1. The van der Waals surface area contributed by atoms with Gasteiger partial charge in [0.2, 0.25) is 0 Å². The third-order valence-corrected chi connectivity index (χ3v) is 4.28. The summed E-state index contributed by atoms with van der Waals surface area (Å²) in [6.07, 6.45) is -0.146. The third kappa shape index (κ3) is 6.99. The predicted molar refractivity (Wildman–Crippen MR) is 109 cm³/mol. The number of Topliss-reactive ketones (excluding diaryl/α,β-unsaturated/α-hetero) is 1. The number of esters is 1. The van der Waals surface area contributed by atoms with Gasteiger partial charge in [0.05, 0.1) is 6.42 Å². The lowest BCUT2D eigenvalue weighted by atomic mass is 9.87. The van der Waals surface area contributed by atoms with E-state index >= 15 is 0 Å². The summed E-state index contributed by atoms with van der Waals surface area (Å²) >= 11 is 0. The van der Waals surface area contributed by atoms with E-state index < -0.39 is 24.4 Å². The van der Waals surface area contributed by atoms with Crippen LogP contribution in [-0.4, -0.2) is 30.2 Å². The number of imide groups is 1. The lowest BCUT2D eigenvalue weighted by Gasteiger charge is -2.18. The van der Waals surface area contributed by atoms with Gasteiger partial charge in [-0.1, -0.05) is 63.2 Å². The minimum absolute atomic E-state index is 0.0104. The van der Waals surface area contributed by atoms with Crippen molar-refractivity contribution >= 4 is 23.6 Å². The van der Waals surface area contributed by atoms with Gasteiger partial charge in [0.25, 0.3) is 11.8 Å². The van der Waals surface area contributed by atoms with E-state index in [9.17, 15) is 19.2 Å². The zero-order valence-electron chi connectivity index (χ0n) is 16.9. The number of ether oxygens (including phenoxy) is 1. The summed E-state index contributed by atoms with van der Waals surface area (Å²) in [7, 11) is 0. The molecular weight excluding hydrogens is 370 g/mol. The Hall–Kier alpha value is -3.28. The summed E-state index contributed by atoms with van der Waals surface area (Å²) in [6, 6.07) is 15.6. The first-order valence-corrected chi connectivity index (χ1v) is 9.35. The molecule has 6 heteroatoms. The maximum absolute atomic E-state index is 12.1. The Kier molecular flexibility index (Phi) is 7.42. The molecule has 0 aliphatic rings. The molecule has 2 rings (SSSR count). The Labute approximate surface area is 170 Å². The molecule has 2 amide bonds. The van der Waals surface area contributed by atoms with Crippen LogP contribution in [0.15, 0.2) is 54.6 Å². The lowest BCUT2D eigenvalue weighted by molar-refractivity contribution is -0.148. The first kappa shape index (κ1) is 22.0. The van der Waals surface area contributed by atoms with Crippen molar-refractivity contribution in [3.8, 4) is 0 Å². The fourth-order valence-corrected chi connectivity index (χ4v) is 2.56. The zero-order chi connectivity index (χ0) is 21.4. The molecule has 2 aromatic rings. The highest BCUT2D eigenvalue weighted by Gasteiger charge is 2.16. The summed E-state index contributed by atoms with van der Waals surface area (Å²) in [5, 5.41) is 2.18. The van der Waals surface area contributed by atoms with Gasteiger partial charge in [-0.05, 0) is 23.1 Å². The summed E-state index contributed by atoms with van der Waals surface area (Å²) in [4.78, 5) is 47.6. The molecular formula is C23H25NO5. The maximum Gasteiger partial charge on any atom is 0.306 e. The van der Waals surface area contributed by atoms with Crippen LogP contribution in [0.3, 0.4) is 0 Å². The van der Waals surface area contributed by atoms with Gasteiger partial charge in [0, 0.05) is 17.5 Å². The monoisotopic (exact) mass is 395 g/mol. The highest BCUT2D eigenvalue weighted by atomic mass is 16.5. The largest absolute Gasteiger partial charge is 0.456 e. The fourth-order valence-electron chi connectivity index (χ4n) is 2.56. The number of benzene rings is 2. The Morgan fingerprint density at radius 2 is 1.45 bits per heavy atom. The molecule has 0 saturated carbocycles. The van der Waals surface area contributed by atoms with Gasteiger partial charge < -0.3 is 4.74 Å². The number of hydrogen-bond acceptors (Lipinski definition) is 5. The average Bonchev–Trinajstić information content (AvgIpc) is 2.70. The van der Waals surface area contributed by atoms with Crippen LogP contribution in [0.25, 0.3) is 0 Å². The molecule has 0 bridgehead atoms. The van der Waals surface area contributed by atoms with Gasteiger partial charge in [-0.15, -0.1) is 0 Å². The van der Waals surface area contributed by atoms with Crippen molar-refractivity contribution in [3.63, 3.8) is 0 Å². The number of ketones is 1. The predicted octanol–water partition coefficient (Wildman–Crippen LogP) is 3.45. The molecule has 0 saturated heterocycles. The van der Waals surface area contributed by atoms with Crippen molar-refractivity contribution in [2.75, 3.05) is 6.61 Å². The normalized spacial score (nSPS) is 10.9. The van der Waals surface area contributed by atoms with Crippen molar-refractivity contribution < 1.29 is 23.9 Å². The van der Waals surface area contributed by atoms with Crippen LogP contribution in [-0.2, 0) is 19.7 Å². The fraction of sp³-hybridized carbons (Fsp3) is 0.304. The number of rotatable bonds is 7. The minimum Gasteiger partial charge on any atom is -0.456 e. The Balaban J connectivity index is 1.75. The van der Waals surface area contributed by atoms with Gasteiger partial charge in [0.1, 0.15) is 0 Å². The summed E-state index contributed by atoms with van der Waals surface area (Å²) in [6.45, 7) is 5.61. The molecule has 6 nitrogen and oxygen atoms in total. The van der Waals surface area contributed by atoms with Crippen molar-refractivity contribution in [2.24, 2.45) is 0 Å². The number of carbonyl (C=O) groups is 4. The molecule has 0 radical (unpaired) electrons. The summed E-state index contributed by atoms with van der Waals surface area (Å²) in [5.41, 5.74) is 1.88. The second-order valence-corrected chi connectivity index (χ2v) is 7.65. The lowest BCUT2D eigenvalue weighted by Crippen LogP contribution is -2.34. The molecule has 2 aromatic carbocycles. The maximum atomic E-state index is 12.1. The molecule has 0 aromatic heterocycles. The van der Waals surface area contributed by atoms with Crippen molar-refractivity contribution in [1.82, 2.24) is 5.32 Å². The van der Waals surface area contributed by atoms with E-state index in [0.717, 1.165) is 5.56 Å². The van der Waals surface area contributed by atoms with Crippen LogP contribution < -0.4 is 5.32 Å².